The van der Waals surface area contributed by atoms with Crippen molar-refractivity contribution < 1.29 is 23.1 Å². The number of carboxylic acids is 1. The Labute approximate surface area is 98.4 Å². The molecule has 0 spiro atoms. The lowest BCUT2D eigenvalue weighted by molar-refractivity contribution is -0.192. The smallest absolute Gasteiger partial charge is 0.403 e. The van der Waals surface area contributed by atoms with Crippen molar-refractivity contribution in [2.45, 2.75) is 44.8 Å². The molecule has 17 heavy (non-hydrogen) atoms. The molecule has 0 radical (unpaired) electrons. The molecule has 1 aliphatic carbocycles. The van der Waals surface area contributed by atoms with E-state index in [1.807, 2.05) is 0 Å². The summed E-state index contributed by atoms with van der Waals surface area (Å²) in [6.45, 7) is 1.59. The van der Waals surface area contributed by atoms with Gasteiger partial charge in [0.1, 0.15) is 0 Å². The van der Waals surface area contributed by atoms with Crippen LogP contribution in [0.4, 0.5) is 13.2 Å². The normalized spacial score (nSPS) is 27.8. The number of hydrogen-bond acceptors (Lipinski definition) is 2. The summed E-state index contributed by atoms with van der Waals surface area (Å²) in [4.78, 5) is 10.5. The zero-order valence-electron chi connectivity index (χ0n) is 9.76. The van der Waals surface area contributed by atoms with Gasteiger partial charge in [-0.1, -0.05) is 6.92 Å². The molecule has 0 aliphatic heterocycles. The molecule has 2 N–H and O–H groups in total. The Morgan fingerprint density at radius 2 is 1.88 bits per heavy atom. The first-order valence-electron chi connectivity index (χ1n) is 5.83. The van der Waals surface area contributed by atoms with Gasteiger partial charge in [-0.25, -0.2) is 0 Å². The molecule has 0 saturated heterocycles. The van der Waals surface area contributed by atoms with Crippen LogP contribution >= 0.6 is 0 Å². The number of carbonyl (C=O) groups is 1. The van der Waals surface area contributed by atoms with Gasteiger partial charge in [0.25, 0.3) is 0 Å². The highest BCUT2D eigenvalue weighted by Crippen LogP contribution is 2.27. The van der Waals surface area contributed by atoms with Crippen molar-refractivity contribution in [2.24, 2.45) is 11.8 Å². The summed E-state index contributed by atoms with van der Waals surface area (Å²) in [5.74, 6) is -3.50. The van der Waals surface area contributed by atoms with E-state index in [-0.39, 0.29) is 6.04 Å². The van der Waals surface area contributed by atoms with Crippen molar-refractivity contribution in [1.29, 1.82) is 0 Å². The molecule has 6 heteroatoms. The quantitative estimate of drug-likeness (QED) is 0.809. The van der Waals surface area contributed by atoms with Crippen molar-refractivity contribution in [3.63, 3.8) is 0 Å². The average Bonchev–Trinajstić information content (AvgIpc) is 2.18. The molecule has 3 nitrogen and oxygen atoms in total. The lowest BCUT2D eigenvalue weighted by Crippen LogP contribution is -2.43. The van der Waals surface area contributed by atoms with E-state index < -0.39 is 24.6 Å². The van der Waals surface area contributed by atoms with Crippen LogP contribution in [0.5, 0.6) is 0 Å². The van der Waals surface area contributed by atoms with Crippen LogP contribution in [0.15, 0.2) is 0 Å². The van der Waals surface area contributed by atoms with Crippen molar-refractivity contribution >= 4 is 5.97 Å². The Morgan fingerprint density at radius 1 is 1.35 bits per heavy atom. The van der Waals surface area contributed by atoms with Crippen LogP contribution < -0.4 is 5.32 Å². The summed E-state index contributed by atoms with van der Waals surface area (Å²) in [5.41, 5.74) is 0. The van der Waals surface area contributed by atoms with Crippen LogP contribution in [0.1, 0.15) is 32.6 Å². The molecular formula is C11H18F3NO2. The van der Waals surface area contributed by atoms with Gasteiger partial charge in [-0.05, 0) is 31.6 Å². The molecule has 1 atom stereocenters. The van der Waals surface area contributed by atoms with E-state index in [2.05, 4.69) is 12.2 Å². The molecule has 1 rings (SSSR count). The van der Waals surface area contributed by atoms with Gasteiger partial charge in [-0.2, -0.15) is 13.2 Å². The van der Waals surface area contributed by atoms with Gasteiger partial charge >= 0.3 is 12.1 Å². The van der Waals surface area contributed by atoms with Crippen LogP contribution in [-0.4, -0.2) is 29.8 Å². The molecule has 1 fully saturated rings. The fourth-order valence-corrected chi connectivity index (χ4v) is 2.09. The second-order valence-corrected chi connectivity index (χ2v) is 4.80. The van der Waals surface area contributed by atoms with Crippen LogP contribution in [0.25, 0.3) is 0 Å². The fourth-order valence-electron chi connectivity index (χ4n) is 2.09. The number of halogens is 3. The molecule has 0 aromatic carbocycles. The minimum Gasteiger partial charge on any atom is -0.481 e. The van der Waals surface area contributed by atoms with Gasteiger partial charge in [-0.3, -0.25) is 4.79 Å². The summed E-state index contributed by atoms with van der Waals surface area (Å²) in [7, 11) is 0. The first-order chi connectivity index (χ1) is 7.80. The third kappa shape index (κ3) is 4.53. The highest BCUT2D eigenvalue weighted by atomic mass is 19.4. The molecule has 0 amide bonds. The monoisotopic (exact) mass is 253 g/mol. The molecule has 0 aromatic heterocycles. The van der Waals surface area contributed by atoms with Crippen LogP contribution in [0.2, 0.25) is 0 Å². The van der Waals surface area contributed by atoms with Gasteiger partial charge in [0.2, 0.25) is 0 Å². The second kappa shape index (κ2) is 5.71. The number of alkyl halides is 3. The molecule has 0 heterocycles. The van der Waals surface area contributed by atoms with E-state index in [0.717, 1.165) is 25.7 Å². The van der Waals surface area contributed by atoms with E-state index in [9.17, 15) is 18.0 Å². The van der Waals surface area contributed by atoms with Crippen LogP contribution in [0, 0.1) is 11.8 Å². The molecule has 1 aliphatic rings. The van der Waals surface area contributed by atoms with Gasteiger partial charge < -0.3 is 10.4 Å². The average molecular weight is 253 g/mol. The van der Waals surface area contributed by atoms with E-state index in [4.69, 9.17) is 5.11 Å². The number of hydrogen-bond donors (Lipinski definition) is 2. The molecule has 0 aromatic rings. The fraction of sp³-hybridized carbons (Fsp3) is 0.909. The largest absolute Gasteiger partial charge is 0.481 e. The molecule has 100 valence electrons. The Kier molecular flexibility index (Phi) is 4.80. The summed E-state index contributed by atoms with van der Waals surface area (Å²) in [5, 5.41) is 11.2. The third-order valence-corrected chi connectivity index (χ3v) is 3.32. The van der Waals surface area contributed by atoms with Crippen molar-refractivity contribution in [1.82, 2.24) is 5.32 Å². The topological polar surface area (TPSA) is 49.3 Å². The zero-order chi connectivity index (χ0) is 13.1. The molecule has 1 saturated carbocycles. The maximum Gasteiger partial charge on any atom is 0.403 e. The van der Waals surface area contributed by atoms with Crippen molar-refractivity contribution in [3.8, 4) is 0 Å². The van der Waals surface area contributed by atoms with Gasteiger partial charge in [0.15, 0.2) is 5.92 Å². The van der Waals surface area contributed by atoms with Gasteiger partial charge in [0.05, 0.1) is 0 Å². The summed E-state index contributed by atoms with van der Waals surface area (Å²) >= 11 is 0. The predicted molar refractivity (Wildman–Crippen MR) is 56.6 cm³/mol. The number of carboxylic acid groups (broad SMARTS) is 1. The Hall–Kier alpha value is -0.780. The maximum absolute atomic E-state index is 12.4. The second-order valence-electron chi connectivity index (χ2n) is 4.80. The highest BCUT2D eigenvalue weighted by Gasteiger charge is 2.45. The summed E-state index contributed by atoms with van der Waals surface area (Å²) < 4.78 is 37.1. The highest BCUT2D eigenvalue weighted by molar-refractivity contribution is 5.71. The first kappa shape index (κ1) is 14.3. The van der Waals surface area contributed by atoms with Crippen molar-refractivity contribution in [2.75, 3.05) is 6.54 Å². The summed E-state index contributed by atoms with van der Waals surface area (Å²) in [6, 6.07) is 0.0235. The van der Waals surface area contributed by atoms with Crippen molar-refractivity contribution in [3.05, 3.63) is 0 Å². The summed E-state index contributed by atoms with van der Waals surface area (Å²) in [6.07, 6.45) is -1.06. The molecule has 1 unspecified atom stereocenters. The lowest BCUT2D eigenvalue weighted by atomic mass is 9.87. The zero-order valence-corrected chi connectivity index (χ0v) is 9.76. The Balaban J connectivity index is 2.40. The standard InChI is InChI=1S/C11H18F3NO2/c1-7-2-4-8(5-3-7)15-6-9(10(16)17)11(12,13)14/h7-9,15H,2-6H2,1H3,(H,16,17). The minimum absolute atomic E-state index is 0.0235. The van der Waals surface area contributed by atoms with Gasteiger partial charge in [-0.15, -0.1) is 0 Å². The van der Waals surface area contributed by atoms with Gasteiger partial charge in [0, 0.05) is 12.6 Å². The number of aliphatic carboxylic acids is 1. The Bertz CT molecular complexity index is 260. The minimum atomic E-state index is -4.68. The first-order valence-corrected chi connectivity index (χ1v) is 5.83. The third-order valence-electron chi connectivity index (χ3n) is 3.32. The maximum atomic E-state index is 12.4. The lowest BCUT2D eigenvalue weighted by Gasteiger charge is -2.28. The van der Waals surface area contributed by atoms with Crippen LogP contribution in [0.3, 0.4) is 0 Å². The van der Waals surface area contributed by atoms with Crippen LogP contribution in [-0.2, 0) is 4.79 Å². The van der Waals surface area contributed by atoms with E-state index in [1.54, 1.807) is 0 Å². The van der Waals surface area contributed by atoms with E-state index in [1.165, 1.54) is 0 Å². The van der Waals surface area contributed by atoms with E-state index in [0.29, 0.717) is 5.92 Å². The number of nitrogens with one attached hydrogen (secondary N) is 1. The predicted octanol–water partition coefficient (Wildman–Crippen LogP) is 2.42. The van der Waals surface area contributed by atoms with E-state index >= 15 is 0 Å². The molecular weight excluding hydrogens is 235 g/mol. The Morgan fingerprint density at radius 3 is 2.29 bits per heavy atom. The molecule has 0 bridgehead atoms. The SMILES string of the molecule is CC1CCC(NCC(C(=O)O)C(F)(F)F)CC1. The number of rotatable bonds is 4.